The molecule has 1 saturated heterocycles. The number of aliphatic imine (C=N–C) groups is 1. The summed E-state index contributed by atoms with van der Waals surface area (Å²) < 4.78 is 5.40. The lowest BCUT2D eigenvalue weighted by Gasteiger charge is -2.29. The Morgan fingerprint density at radius 3 is 2.57 bits per heavy atom. The van der Waals surface area contributed by atoms with Crippen molar-refractivity contribution in [2.24, 2.45) is 4.99 Å². The average Bonchev–Trinajstić information content (AvgIpc) is 2.61. The topological polar surface area (TPSA) is 40.1 Å². The molecule has 1 aliphatic heterocycles. The molecule has 0 unspecified atom stereocenters. The predicted molar refractivity (Wildman–Crippen MR) is 97.2 cm³/mol. The molecule has 23 heavy (non-hydrogen) atoms. The van der Waals surface area contributed by atoms with Gasteiger partial charge in [-0.05, 0) is 24.1 Å². The fourth-order valence-corrected chi connectivity index (χ4v) is 2.71. The first-order chi connectivity index (χ1) is 11.2. The Hall–Kier alpha value is -1.75. The molecular formula is C18H30N4O. The van der Waals surface area contributed by atoms with Crippen LogP contribution in [0.5, 0.6) is 0 Å². The summed E-state index contributed by atoms with van der Waals surface area (Å²) in [4.78, 5) is 8.92. The highest BCUT2D eigenvalue weighted by atomic mass is 16.5. The van der Waals surface area contributed by atoms with Gasteiger partial charge in [-0.3, -0.25) is 4.99 Å². The Kier molecular flexibility index (Phi) is 7.20. The van der Waals surface area contributed by atoms with Crippen LogP contribution in [0.2, 0.25) is 0 Å². The largest absolute Gasteiger partial charge is 0.378 e. The van der Waals surface area contributed by atoms with Crippen molar-refractivity contribution in [2.45, 2.75) is 26.3 Å². The van der Waals surface area contributed by atoms with E-state index in [0.717, 1.165) is 45.4 Å². The maximum Gasteiger partial charge on any atom is 0.193 e. The number of guanidine groups is 1. The molecule has 0 amide bonds. The van der Waals surface area contributed by atoms with Crippen molar-refractivity contribution in [3.8, 4) is 0 Å². The van der Waals surface area contributed by atoms with Crippen LogP contribution < -0.4 is 10.2 Å². The number of benzene rings is 1. The van der Waals surface area contributed by atoms with Gasteiger partial charge in [0.1, 0.15) is 0 Å². The number of nitrogens with one attached hydrogen (secondary N) is 1. The maximum absolute atomic E-state index is 5.40. The second-order valence-electron chi connectivity index (χ2n) is 5.94. The van der Waals surface area contributed by atoms with E-state index in [1.165, 1.54) is 24.1 Å². The quantitative estimate of drug-likeness (QED) is 0.645. The van der Waals surface area contributed by atoms with Crippen LogP contribution in [-0.4, -0.2) is 57.8 Å². The van der Waals surface area contributed by atoms with Gasteiger partial charge < -0.3 is 19.9 Å². The van der Waals surface area contributed by atoms with Gasteiger partial charge >= 0.3 is 0 Å². The van der Waals surface area contributed by atoms with Crippen molar-refractivity contribution in [3.05, 3.63) is 29.8 Å². The standard InChI is InChI=1S/C18H30N4O/c1-4-5-10-21(3)18(19-2)20-15-16-6-8-17(9-7-16)22-11-13-23-14-12-22/h6-9H,4-5,10-15H2,1-3H3,(H,19,20). The van der Waals surface area contributed by atoms with Gasteiger partial charge in [0.15, 0.2) is 5.96 Å². The van der Waals surface area contributed by atoms with Crippen LogP contribution in [0.25, 0.3) is 0 Å². The summed E-state index contributed by atoms with van der Waals surface area (Å²) in [7, 11) is 3.93. The van der Waals surface area contributed by atoms with Gasteiger partial charge in [-0.1, -0.05) is 25.5 Å². The van der Waals surface area contributed by atoms with Crippen LogP contribution >= 0.6 is 0 Å². The number of rotatable bonds is 6. The summed E-state index contributed by atoms with van der Waals surface area (Å²) in [5.41, 5.74) is 2.55. The molecule has 1 N–H and O–H groups in total. The molecule has 1 aromatic carbocycles. The molecule has 1 aliphatic rings. The zero-order chi connectivity index (χ0) is 16.5. The van der Waals surface area contributed by atoms with Gasteiger partial charge in [0.25, 0.3) is 0 Å². The highest BCUT2D eigenvalue weighted by molar-refractivity contribution is 5.79. The first kappa shape index (κ1) is 17.6. The molecule has 0 saturated carbocycles. The van der Waals surface area contributed by atoms with E-state index in [4.69, 9.17) is 4.74 Å². The summed E-state index contributed by atoms with van der Waals surface area (Å²) in [5, 5.41) is 3.44. The molecule has 1 heterocycles. The average molecular weight is 318 g/mol. The molecule has 5 heteroatoms. The molecule has 0 aliphatic carbocycles. The van der Waals surface area contributed by atoms with Crippen molar-refractivity contribution < 1.29 is 4.74 Å². The molecule has 5 nitrogen and oxygen atoms in total. The van der Waals surface area contributed by atoms with E-state index >= 15 is 0 Å². The molecule has 0 atom stereocenters. The molecule has 0 bridgehead atoms. The lowest BCUT2D eigenvalue weighted by molar-refractivity contribution is 0.122. The van der Waals surface area contributed by atoms with E-state index in [9.17, 15) is 0 Å². The second kappa shape index (κ2) is 9.40. The number of anilines is 1. The normalized spacial score (nSPS) is 15.6. The SMILES string of the molecule is CCCCN(C)C(=NC)NCc1ccc(N2CCOCC2)cc1. The third-order valence-corrected chi connectivity index (χ3v) is 4.18. The van der Waals surface area contributed by atoms with E-state index < -0.39 is 0 Å². The van der Waals surface area contributed by atoms with Crippen molar-refractivity contribution in [2.75, 3.05) is 51.8 Å². The molecule has 2 rings (SSSR count). The van der Waals surface area contributed by atoms with Crippen LogP contribution in [0.15, 0.2) is 29.3 Å². The van der Waals surface area contributed by atoms with Gasteiger partial charge in [0.2, 0.25) is 0 Å². The highest BCUT2D eigenvalue weighted by Gasteiger charge is 2.11. The van der Waals surface area contributed by atoms with Gasteiger partial charge in [-0.2, -0.15) is 0 Å². The van der Waals surface area contributed by atoms with Gasteiger partial charge in [-0.15, -0.1) is 0 Å². The number of nitrogens with zero attached hydrogens (tertiary/aromatic N) is 3. The summed E-state index contributed by atoms with van der Waals surface area (Å²) in [5.74, 6) is 0.954. The lowest BCUT2D eigenvalue weighted by atomic mass is 10.2. The van der Waals surface area contributed by atoms with Gasteiger partial charge in [0, 0.05) is 46.0 Å². The van der Waals surface area contributed by atoms with Crippen molar-refractivity contribution in [1.82, 2.24) is 10.2 Å². The molecule has 1 fully saturated rings. The minimum atomic E-state index is 0.798. The van der Waals surface area contributed by atoms with Crippen molar-refractivity contribution in [1.29, 1.82) is 0 Å². The summed E-state index contributed by atoms with van der Waals surface area (Å²) in [6, 6.07) is 8.78. The van der Waals surface area contributed by atoms with Gasteiger partial charge in [-0.25, -0.2) is 0 Å². The Balaban J connectivity index is 1.85. The maximum atomic E-state index is 5.40. The first-order valence-corrected chi connectivity index (χ1v) is 8.58. The van der Waals surface area contributed by atoms with Crippen LogP contribution in [-0.2, 0) is 11.3 Å². The third kappa shape index (κ3) is 5.43. The molecule has 0 aromatic heterocycles. The number of hydrogen-bond acceptors (Lipinski definition) is 3. The van der Waals surface area contributed by atoms with E-state index in [1.54, 1.807) is 0 Å². The fourth-order valence-electron chi connectivity index (χ4n) is 2.71. The van der Waals surface area contributed by atoms with Crippen LogP contribution in [0, 0.1) is 0 Å². The minimum Gasteiger partial charge on any atom is -0.378 e. The first-order valence-electron chi connectivity index (χ1n) is 8.58. The van der Waals surface area contributed by atoms with E-state index in [0.29, 0.717) is 0 Å². The number of morpholine rings is 1. The Morgan fingerprint density at radius 2 is 1.96 bits per heavy atom. The second-order valence-corrected chi connectivity index (χ2v) is 5.94. The Bertz CT molecular complexity index is 480. The van der Waals surface area contributed by atoms with Gasteiger partial charge in [0.05, 0.1) is 13.2 Å². The monoisotopic (exact) mass is 318 g/mol. The van der Waals surface area contributed by atoms with E-state index in [-0.39, 0.29) is 0 Å². The number of hydrogen-bond donors (Lipinski definition) is 1. The van der Waals surface area contributed by atoms with E-state index in [2.05, 4.69) is 58.3 Å². The molecule has 0 radical (unpaired) electrons. The zero-order valence-corrected chi connectivity index (χ0v) is 14.7. The van der Waals surface area contributed by atoms with Crippen LogP contribution in [0.1, 0.15) is 25.3 Å². The van der Waals surface area contributed by atoms with E-state index in [1.807, 2.05) is 7.05 Å². The van der Waals surface area contributed by atoms with Crippen molar-refractivity contribution in [3.63, 3.8) is 0 Å². The number of unbranched alkanes of at least 4 members (excludes halogenated alkanes) is 1. The molecule has 128 valence electrons. The van der Waals surface area contributed by atoms with Crippen LogP contribution in [0.3, 0.4) is 0 Å². The summed E-state index contributed by atoms with van der Waals surface area (Å²) in [6.45, 7) is 7.64. The molecule has 1 aromatic rings. The Labute approximate surface area is 140 Å². The summed E-state index contributed by atoms with van der Waals surface area (Å²) >= 11 is 0. The molecule has 0 spiro atoms. The fraction of sp³-hybridized carbons (Fsp3) is 0.611. The van der Waals surface area contributed by atoms with Crippen molar-refractivity contribution >= 4 is 11.6 Å². The smallest absolute Gasteiger partial charge is 0.193 e. The third-order valence-electron chi connectivity index (χ3n) is 4.18. The minimum absolute atomic E-state index is 0.798. The zero-order valence-electron chi connectivity index (χ0n) is 14.7. The molecular weight excluding hydrogens is 288 g/mol. The highest BCUT2D eigenvalue weighted by Crippen LogP contribution is 2.16. The summed E-state index contributed by atoms with van der Waals surface area (Å²) in [6.07, 6.45) is 2.38. The number of ether oxygens (including phenoxy) is 1. The lowest BCUT2D eigenvalue weighted by Crippen LogP contribution is -2.39. The Morgan fingerprint density at radius 1 is 1.26 bits per heavy atom. The predicted octanol–water partition coefficient (Wildman–Crippen LogP) is 2.33. The van der Waals surface area contributed by atoms with Crippen LogP contribution in [0.4, 0.5) is 5.69 Å².